The van der Waals surface area contributed by atoms with E-state index in [2.05, 4.69) is 15.4 Å². The molecular formula is C26H32F3N6O2+. The molecule has 0 spiro atoms. The van der Waals surface area contributed by atoms with Gasteiger partial charge in [-0.3, -0.25) is 0 Å². The number of nitrogens with zero attached hydrogens (tertiary/aromatic N) is 4. The molecule has 0 saturated heterocycles. The molecule has 0 unspecified atom stereocenters. The Morgan fingerprint density at radius 3 is 2.57 bits per heavy atom. The molecule has 3 heterocycles. The molecule has 37 heavy (non-hydrogen) atoms. The fourth-order valence-corrected chi connectivity index (χ4v) is 4.27. The molecule has 8 nitrogen and oxygen atoms in total. The first-order chi connectivity index (χ1) is 17.1. The van der Waals surface area contributed by atoms with Crippen molar-refractivity contribution in [1.82, 2.24) is 14.6 Å². The summed E-state index contributed by atoms with van der Waals surface area (Å²) in [6.07, 6.45) is 1.22. The van der Waals surface area contributed by atoms with Crippen LogP contribution in [0.3, 0.4) is 0 Å². The molecule has 2 atom stereocenters. The van der Waals surface area contributed by atoms with Gasteiger partial charge in [0.05, 0.1) is 25.2 Å². The van der Waals surface area contributed by atoms with Gasteiger partial charge in [0.2, 0.25) is 0 Å². The van der Waals surface area contributed by atoms with Crippen LogP contribution in [0.5, 0.6) is 0 Å². The van der Waals surface area contributed by atoms with Crippen LogP contribution >= 0.6 is 0 Å². The van der Waals surface area contributed by atoms with Crippen molar-refractivity contribution in [2.24, 2.45) is 0 Å². The SMILES string of the molecule is C[C@@H](Nc1ncnn2cc(C3=CC[N@+](C)(C(=O)OC(C)(C)C)CC3)cc12)c1cc(N)cc(C(F)(F)F)c1. The van der Waals surface area contributed by atoms with E-state index in [1.54, 1.807) is 11.4 Å². The van der Waals surface area contributed by atoms with E-state index in [1.807, 2.05) is 46.2 Å². The van der Waals surface area contributed by atoms with Crippen molar-refractivity contribution in [3.8, 4) is 0 Å². The highest BCUT2D eigenvalue weighted by molar-refractivity contribution is 5.77. The number of nitrogen functional groups attached to an aromatic ring is 1. The number of rotatable bonds is 4. The Balaban J connectivity index is 1.56. The molecule has 0 radical (unpaired) electrons. The Hall–Kier alpha value is -3.60. The number of likely N-dealkylation sites (N-methyl/N-ethyl adjacent to an activating group) is 1. The van der Waals surface area contributed by atoms with Gasteiger partial charge in [0, 0.05) is 18.3 Å². The summed E-state index contributed by atoms with van der Waals surface area (Å²) in [7, 11) is 1.87. The summed E-state index contributed by atoms with van der Waals surface area (Å²) in [5.41, 5.74) is 7.52. The summed E-state index contributed by atoms with van der Waals surface area (Å²) in [6.45, 7) is 8.40. The lowest BCUT2D eigenvalue weighted by atomic mass is 10.0. The van der Waals surface area contributed by atoms with E-state index in [-0.39, 0.29) is 16.3 Å². The van der Waals surface area contributed by atoms with Gasteiger partial charge in [-0.2, -0.15) is 23.1 Å². The highest BCUT2D eigenvalue weighted by atomic mass is 19.4. The van der Waals surface area contributed by atoms with Gasteiger partial charge < -0.3 is 15.8 Å². The first kappa shape index (κ1) is 26.5. The average Bonchev–Trinajstić information content (AvgIpc) is 3.23. The second kappa shape index (κ2) is 9.37. The van der Waals surface area contributed by atoms with Gasteiger partial charge in [-0.05, 0) is 74.7 Å². The number of carbonyl (C=O) groups is 1. The number of aromatic nitrogens is 3. The predicted octanol–water partition coefficient (Wildman–Crippen LogP) is 5.67. The van der Waals surface area contributed by atoms with Gasteiger partial charge in [0.15, 0.2) is 5.82 Å². The molecule has 1 aliphatic rings. The number of nitrogens with two attached hydrogens (primary N) is 1. The lowest BCUT2D eigenvalue weighted by Crippen LogP contribution is -2.53. The third-order valence-electron chi connectivity index (χ3n) is 6.38. The topological polar surface area (TPSA) is 94.5 Å². The van der Waals surface area contributed by atoms with E-state index in [9.17, 15) is 18.0 Å². The van der Waals surface area contributed by atoms with Gasteiger partial charge in [-0.25, -0.2) is 14.0 Å². The number of fused-ring (bicyclic) bond motifs is 1. The van der Waals surface area contributed by atoms with E-state index >= 15 is 0 Å². The molecule has 0 aliphatic carbocycles. The number of quaternary nitrogens is 1. The fraction of sp³-hybridized carbons (Fsp3) is 0.423. The van der Waals surface area contributed by atoms with Crippen LogP contribution in [-0.2, 0) is 10.9 Å². The summed E-state index contributed by atoms with van der Waals surface area (Å²) in [5, 5.41) is 7.48. The van der Waals surface area contributed by atoms with Crippen LogP contribution in [0.25, 0.3) is 11.1 Å². The molecule has 4 rings (SSSR count). The van der Waals surface area contributed by atoms with Crippen LogP contribution in [0, 0.1) is 0 Å². The van der Waals surface area contributed by atoms with Gasteiger partial charge >= 0.3 is 12.3 Å². The predicted molar refractivity (Wildman–Crippen MR) is 136 cm³/mol. The largest absolute Gasteiger partial charge is 0.516 e. The molecule has 1 aromatic carbocycles. The van der Waals surface area contributed by atoms with Gasteiger partial charge in [-0.1, -0.05) is 0 Å². The zero-order chi connectivity index (χ0) is 27.2. The number of hydrogen-bond acceptors (Lipinski definition) is 6. The smallest absolute Gasteiger partial charge is 0.414 e. The molecular weight excluding hydrogens is 485 g/mol. The van der Waals surface area contributed by atoms with E-state index in [0.717, 1.165) is 23.3 Å². The lowest BCUT2D eigenvalue weighted by Gasteiger charge is -2.35. The van der Waals surface area contributed by atoms with Crippen molar-refractivity contribution < 1.29 is 27.2 Å². The molecule has 3 aromatic rings. The van der Waals surface area contributed by atoms with Gasteiger partial charge in [-0.15, -0.1) is 0 Å². The minimum absolute atomic E-state index is 0.0392. The van der Waals surface area contributed by atoms with E-state index in [1.165, 1.54) is 12.4 Å². The van der Waals surface area contributed by atoms with Crippen LogP contribution in [0.4, 0.5) is 29.5 Å². The van der Waals surface area contributed by atoms with Crippen molar-refractivity contribution in [2.45, 2.75) is 51.9 Å². The molecule has 3 N–H and O–H groups in total. The maximum Gasteiger partial charge on any atom is 0.516 e. The van der Waals surface area contributed by atoms with Crippen molar-refractivity contribution in [2.75, 3.05) is 31.2 Å². The van der Waals surface area contributed by atoms with Crippen molar-refractivity contribution in [3.05, 3.63) is 59.6 Å². The van der Waals surface area contributed by atoms with E-state index in [4.69, 9.17) is 10.5 Å². The van der Waals surface area contributed by atoms with Crippen LogP contribution in [0.15, 0.2) is 42.9 Å². The van der Waals surface area contributed by atoms with Crippen LogP contribution in [0.1, 0.15) is 56.8 Å². The number of carbonyl (C=O) groups excluding carboxylic acids is 1. The summed E-state index contributed by atoms with van der Waals surface area (Å²) in [5.74, 6) is 0.482. The number of nitrogens with one attached hydrogen (secondary N) is 1. The fourth-order valence-electron chi connectivity index (χ4n) is 4.27. The monoisotopic (exact) mass is 517 g/mol. The number of alkyl halides is 3. The molecule has 198 valence electrons. The Morgan fingerprint density at radius 2 is 1.95 bits per heavy atom. The van der Waals surface area contributed by atoms with Gasteiger partial charge in [0.1, 0.15) is 24.0 Å². The molecule has 0 fully saturated rings. The van der Waals surface area contributed by atoms with Crippen LogP contribution in [0.2, 0.25) is 0 Å². The molecule has 0 saturated carbocycles. The Bertz CT molecular complexity index is 1360. The zero-order valence-corrected chi connectivity index (χ0v) is 21.6. The molecule has 11 heteroatoms. The number of anilines is 2. The zero-order valence-electron chi connectivity index (χ0n) is 21.6. The molecule has 2 aromatic heterocycles. The quantitative estimate of drug-likeness (QED) is 0.342. The minimum atomic E-state index is -4.49. The first-order valence-corrected chi connectivity index (χ1v) is 12.0. The standard InChI is InChI=1S/C26H32F3N6O2/c1-16(18-10-20(26(27,28)29)13-21(30)11-18)33-23-22-12-19(14-34(22)32-15-31-23)17-6-8-35(5,9-7-17)24(36)37-25(2,3)4/h6,10-16H,7-9,30H2,1-5H3,(H,31,32,33)/q+1/t16-,35+/m1/s1. The Morgan fingerprint density at radius 1 is 1.22 bits per heavy atom. The van der Waals surface area contributed by atoms with Crippen LogP contribution < -0.4 is 11.1 Å². The summed E-state index contributed by atoms with van der Waals surface area (Å²) in [6, 6.07) is 4.96. The number of hydrogen-bond donors (Lipinski definition) is 2. The average molecular weight is 518 g/mol. The minimum Gasteiger partial charge on any atom is -0.414 e. The highest BCUT2D eigenvalue weighted by Gasteiger charge is 2.38. The molecule has 1 amide bonds. The van der Waals surface area contributed by atoms with Crippen molar-refractivity contribution >= 4 is 28.7 Å². The summed E-state index contributed by atoms with van der Waals surface area (Å²) in [4.78, 5) is 17.0. The number of halogens is 3. The summed E-state index contributed by atoms with van der Waals surface area (Å²) >= 11 is 0. The third kappa shape index (κ3) is 5.87. The van der Waals surface area contributed by atoms with E-state index in [0.29, 0.717) is 36.4 Å². The molecule has 1 aliphatic heterocycles. The van der Waals surface area contributed by atoms with Crippen molar-refractivity contribution in [1.29, 1.82) is 0 Å². The molecule has 0 bridgehead atoms. The van der Waals surface area contributed by atoms with E-state index < -0.39 is 23.4 Å². The second-order valence-electron chi connectivity index (χ2n) is 10.7. The van der Waals surface area contributed by atoms with Crippen LogP contribution in [-0.4, -0.2) is 50.9 Å². The Labute approximate surface area is 213 Å². The third-order valence-corrected chi connectivity index (χ3v) is 6.38. The highest BCUT2D eigenvalue weighted by Crippen LogP contribution is 2.34. The Kier molecular flexibility index (Phi) is 6.70. The summed E-state index contributed by atoms with van der Waals surface area (Å²) < 4.78 is 47.2. The number of ether oxygens (including phenoxy) is 1. The number of benzene rings is 1. The van der Waals surface area contributed by atoms with Crippen molar-refractivity contribution in [3.63, 3.8) is 0 Å². The maximum absolute atomic E-state index is 13.3. The first-order valence-electron chi connectivity index (χ1n) is 12.0. The van der Waals surface area contributed by atoms with Gasteiger partial charge in [0.25, 0.3) is 0 Å². The lowest BCUT2D eigenvalue weighted by molar-refractivity contribution is -0.833. The second-order valence-corrected chi connectivity index (χ2v) is 10.7. The maximum atomic E-state index is 13.3. The normalized spacial score (nSPS) is 19.4. The number of amides is 1.